The van der Waals surface area contributed by atoms with Crippen molar-refractivity contribution in [3.63, 3.8) is 0 Å². The van der Waals surface area contributed by atoms with Crippen LogP contribution in [0, 0.1) is 0 Å². The molecule has 2 aliphatic heterocycles. The molecular formula is C18H20N2O6. The number of aliphatic carboxylic acids is 1. The summed E-state index contributed by atoms with van der Waals surface area (Å²) >= 11 is 0. The number of fused-ring (bicyclic) bond motifs is 1. The van der Waals surface area contributed by atoms with Gasteiger partial charge in [0.2, 0.25) is 0 Å². The first-order valence-corrected chi connectivity index (χ1v) is 8.55. The summed E-state index contributed by atoms with van der Waals surface area (Å²) in [7, 11) is 0. The number of hydrogen-bond donors (Lipinski definition) is 1. The number of nitrogens with zero attached hydrogens (tertiary/aromatic N) is 2. The van der Waals surface area contributed by atoms with Crippen molar-refractivity contribution in [2.75, 3.05) is 26.2 Å². The number of carboxylic acid groups (broad SMARTS) is 1. The molecular weight excluding hydrogens is 340 g/mol. The van der Waals surface area contributed by atoms with Gasteiger partial charge < -0.3 is 14.7 Å². The molecule has 0 radical (unpaired) electrons. The van der Waals surface area contributed by atoms with Crippen molar-refractivity contribution in [1.29, 1.82) is 0 Å². The van der Waals surface area contributed by atoms with Gasteiger partial charge in [0.15, 0.2) is 0 Å². The summed E-state index contributed by atoms with van der Waals surface area (Å²) in [6, 6.07) is 4.28. The number of carbonyl (C=O) groups is 4. The largest absolute Gasteiger partial charge is 0.480 e. The van der Waals surface area contributed by atoms with Crippen LogP contribution >= 0.6 is 0 Å². The smallest absolute Gasteiger partial charge is 0.323 e. The molecule has 2 aliphatic rings. The lowest BCUT2D eigenvalue weighted by molar-refractivity contribution is -0.137. The van der Waals surface area contributed by atoms with Gasteiger partial charge in [0.05, 0.1) is 23.8 Å². The van der Waals surface area contributed by atoms with Gasteiger partial charge in [-0.25, -0.2) is 0 Å². The lowest BCUT2D eigenvalue weighted by Crippen LogP contribution is -2.36. The van der Waals surface area contributed by atoms with E-state index < -0.39 is 30.2 Å². The van der Waals surface area contributed by atoms with Crippen molar-refractivity contribution in [3.8, 4) is 0 Å². The second kappa shape index (κ2) is 7.25. The van der Waals surface area contributed by atoms with E-state index >= 15 is 0 Å². The van der Waals surface area contributed by atoms with Gasteiger partial charge in [-0.15, -0.1) is 0 Å². The summed E-state index contributed by atoms with van der Waals surface area (Å²) in [6.45, 7) is 2.30. The van der Waals surface area contributed by atoms with E-state index in [4.69, 9.17) is 9.84 Å². The number of carbonyl (C=O) groups excluding carboxylic acids is 3. The van der Waals surface area contributed by atoms with Crippen molar-refractivity contribution in [2.24, 2.45) is 0 Å². The molecule has 1 N–H and O–H groups in total. The third-order valence-corrected chi connectivity index (χ3v) is 4.62. The molecule has 1 saturated heterocycles. The minimum Gasteiger partial charge on any atom is -0.480 e. The van der Waals surface area contributed by atoms with E-state index in [2.05, 4.69) is 0 Å². The number of carboxylic acids is 1. The summed E-state index contributed by atoms with van der Waals surface area (Å²) in [4.78, 5) is 50.8. The fourth-order valence-corrected chi connectivity index (χ4v) is 3.25. The molecule has 2 heterocycles. The van der Waals surface area contributed by atoms with Crippen LogP contribution in [0.25, 0.3) is 0 Å². The van der Waals surface area contributed by atoms with Gasteiger partial charge >= 0.3 is 5.97 Å². The Hall–Kier alpha value is -2.74. The van der Waals surface area contributed by atoms with Crippen LogP contribution in [0.1, 0.15) is 50.8 Å². The van der Waals surface area contributed by atoms with Gasteiger partial charge in [-0.1, -0.05) is 0 Å². The minimum atomic E-state index is -1.12. The molecule has 0 bridgehead atoms. The summed E-state index contributed by atoms with van der Waals surface area (Å²) in [5.41, 5.74) is 0.614. The molecule has 0 aliphatic carbocycles. The van der Waals surface area contributed by atoms with Crippen LogP contribution in [-0.2, 0) is 9.53 Å². The summed E-state index contributed by atoms with van der Waals surface area (Å²) in [6.07, 6.45) is 1.56. The monoisotopic (exact) mass is 360 g/mol. The Bertz CT molecular complexity index is 769. The van der Waals surface area contributed by atoms with E-state index in [1.54, 1.807) is 6.92 Å². The lowest BCUT2D eigenvalue weighted by atomic mass is 10.0. The lowest BCUT2D eigenvalue weighted by Gasteiger charge is -2.18. The van der Waals surface area contributed by atoms with Gasteiger partial charge in [0.25, 0.3) is 17.7 Å². The number of likely N-dealkylation sites (N-methyl/N-ethyl adjacent to an activating group) is 1. The summed E-state index contributed by atoms with van der Waals surface area (Å²) in [5.74, 6) is -2.44. The minimum absolute atomic E-state index is 0.149. The molecule has 1 unspecified atom stereocenters. The van der Waals surface area contributed by atoms with Crippen molar-refractivity contribution in [3.05, 3.63) is 34.9 Å². The van der Waals surface area contributed by atoms with E-state index in [0.717, 1.165) is 22.6 Å². The molecule has 1 fully saturated rings. The maximum atomic E-state index is 12.6. The number of benzene rings is 1. The van der Waals surface area contributed by atoms with E-state index in [0.29, 0.717) is 6.61 Å². The zero-order valence-electron chi connectivity index (χ0n) is 14.4. The average Bonchev–Trinajstić information content (AvgIpc) is 3.22. The normalized spacial score (nSPS) is 19.0. The highest BCUT2D eigenvalue weighted by Gasteiger charge is 2.38. The number of imide groups is 1. The molecule has 0 aromatic heterocycles. The molecule has 0 saturated carbocycles. The highest BCUT2D eigenvalue weighted by Crippen LogP contribution is 2.26. The standard InChI is InChI=1S/C18H20N2O6/c1-2-19(10-15(21)22)16(23)11-5-6-13-14(8-11)18(25)20(17(13)24)9-12-4-3-7-26-12/h5-6,8,12H,2-4,7,9-10H2,1H3,(H,21,22). The zero-order valence-corrected chi connectivity index (χ0v) is 14.4. The molecule has 3 rings (SSSR count). The molecule has 26 heavy (non-hydrogen) atoms. The zero-order chi connectivity index (χ0) is 18.8. The van der Waals surface area contributed by atoms with E-state index in [9.17, 15) is 19.2 Å². The second-order valence-corrected chi connectivity index (χ2v) is 6.33. The Morgan fingerprint density at radius 2 is 2.00 bits per heavy atom. The second-order valence-electron chi connectivity index (χ2n) is 6.33. The van der Waals surface area contributed by atoms with Crippen molar-refractivity contribution < 1.29 is 29.0 Å². The summed E-state index contributed by atoms with van der Waals surface area (Å²) in [5, 5.41) is 8.90. The van der Waals surface area contributed by atoms with Crippen molar-refractivity contribution >= 4 is 23.7 Å². The first-order chi connectivity index (χ1) is 12.4. The van der Waals surface area contributed by atoms with E-state index in [-0.39, 0.29) is 35.9 Å². The quantitative estimate of drug-likeness (QED) is 0.759. The Morgan fingerprint density at radius 3 is 2.62 bits per heavy atom. The maximum Gasteiger partial charge on any atom is 0.323 e. The molecule has 1 aromatic carbocycles. The van der Waals surface area contributed by atoms with Crippen LogP contribution < -0.4 is 0 Å². The van der Waals surface area contributed by atoms with E-state index in [1.165, 1.54) is 18.2 Å². The van der Waals surface area contributed by atoms with Gasteiger partial charge in [0.1, 0.15) is 6.54 Å². The average molecular weight is 360 g/mol. The van der Waals surface area contributed by atoms with Crippen molar-refractivity contribution in [2.45, 2.75) is 25.9 Å². The Labute approximate surface area is 150 Å². The first-order valence-electron chi connectivity index (χ1n) is 8.55. The van der Waals surface area contributed by atoms with Crippen LogP contribution in [0.3, 0.4) is 0 Å². The highest BCUT2D eigenvalue weighted by atomic mass is 16.5. The van der Waals surface area contributed by atoms with Crippen molar-refractivity contribution in [1.82, 2.24) is 9.80 Å². The SMILES string of the molecule is CCN(CC(=O)O)C(=O)c1ccc2c(c1)C(=O)N(CC1CCCO1)C2=O. The number of ether oxygens (including phenoxy) is 1. The number of amides is 3. The topological polar surface area (TPSA) is 104 Å². The summed E-state index contributed by atoms with van der Waals surface area (Å²) < 4.78 is 5.49. The first kappa shape index (κ1) is 18.1. The fraction of sp³-hybridized carbons (Fsp3) is 0.444. The third kappa shape index (κ3) is 3.32. The Kier molecular flexibility index (Phi) is 5.03. The molecule has 1 atom stereocenters. The van der Waals surface area contributed by atoms with Crippen LogP contribution in [0.15, 0.2) is 18.2 Å². The predicted octanol–water partition coefficient (Wildman–Crippen LogP) is 1.01. The van der Waals surface area contributed by atoms with E-state index in [1.807, 2.05) is 0 Å². The predicted molar refractivity (Wildman–Crippen MR) is 90.0 cm³/mol. The maximum absolute atomic E-state index is 12.6. The van der Waals surface area contributed by atoms with Crippen LogP contribution in [0.2, 0.25) is 0 Å². The van der Waals surface area contributed by atoms with Crippen LogP contribution in [0.4, 0.5) is 0 Å². The van der Waals surface area contributed by atoms with Crippen LogP contribution in [0.5, 0.6) is 0 Å². The third-order valence-electron chi connectivity index (χ3n) is 4.62. The molecule has 8 heteroatoms. The Morgan fingerprint density at radius 1 is 1.27 bits per heavy atom. The fourth-order valence-electron chi connectivity index (χ4n) is 3.25. The molecule has 138 valence electrons. The van der Waals surface area contributed by atoms with Crippen LogP contribution in [-0.4, -0.2) is 70.9 Å². The molecule has 1 aromatic rings. The number of rotatable bonds is 6. The van der Waals surface area contributed by atoms with Gasteiger partial charge in [-0.2, -0.15) is 0 Å². The van der Waals surface area contributed by atoms with Gasteiger partial charge in [-0.05, 0) is 38.0 Å². The molecule has 0 spiro atoms. The number of hydrogen-bond acceptors (Lipinski definition) is 5. The molecule has 3 amide bonds. The Balaban J connectivity index is 1.82. The highest BCUT2D eigenvalue weighted by molar-refractivity contribution is 6.22. The van der Waals surface area contributed by atoms with Gasteiger partial charge in [0, 0.05) is 18.7 Å². The van der Waals surface area contributed by atoms with Gasteiger partial charge in [-0.3, -0.25) is 24.1 Å². The molecule has 8 nitrogen and oxygen atoms in total.